The number of aryl methyl sites for hydroxylation is 1. The maximum Gasteiger partial charge on any atom is 0.338 e. The summed E-state index contributed by atoms with van der Waals surface area (Å²) in [6.07, 6.45) is 2.98. The summed E-state index contributed by atoms with van der Waals surface area (Å²) >= 11 is 0. The molecular weight excluding hydrogens is 228 g/mol. The van der Waals surface area contributed by atoms with E-state index in [1.165, 1.54) is 0 Å². The van der Waals surface area contributed by atoms with Gasteiger partial charge < -0.3 is 9.47 Å². The zero-order valence-electron chi connectivity index (χ0n) is 10.6. The summed E-state index contributed by atoms with van der Waals surface area (Å²) in [6, 6.07) is 7.54. The third-order valence-corrected chi connectivity index (χ3v) is 4.00. The van der Waals surface area contributed by atoms with Gasteiger partial charge in [-0.15, -0.1) is 0 Å². The summed E-state index contributed by atoms with van der Waals surface area (Å²) in [5.74, 6) is 0.200. The van der Waals surface area contributed by atoms with Gasteiger partial charge in [0, 0.05) is 12.5 Å². The van der Waals surface area contributed by atoms with Crippen LogP contribution in [0.3, 0.4) is 0 Å². The number of rotatable bonds is 3. The van der Waals surface area contributed by atoms with Crippen molar-refractivity contribution in [3.8, 4) is 0 Å². The molecule has 1 aromatic rings. The molecule has 18 heavy (non-hydrogen) atoms. The Labute approximate surface area is 107 Å². The van der Waals surface area contributed by atoms with Gasteiger partial charge in [0.15, 0.2) is 0 Å². The molecule has 3 nitrogen and oxygen atoms in total. The Hall–Kier alpha value is -1.35. The number of hydrogen-bond acceptors (Lipinski definition) is 3. The maximum atomic E-state index is 12.1. The fourth-order valence-corrected chi connectivity index (χ4v) is 2.60. The first-order valence-electron chi connectivity index (χ1n) is 6.57. The van der Waals surface area contributed by atoms with Gasteiger partial charge in [-0.2, -0.15) is 0 Å². The van der Waals surface area contributed by atoms with Crippen LogP contribution in [0.25, 0.3) is 0 Å². The van der Waals surface area contributed by atoms with Crippen molar-refractivity contribution in [2.45, 2.75) is 31.8 Å². The molecule has 2 aliphatic rings. The number of benzene rings is 1. The van der Waals surface area contributed by atoms with Crippen LogP contribution in [0, 0.1) is 12.8 Å². The van der Waals surface area contributed by atoms with E-state index in [1.54, 1.807) is 0 Å². The summed E-state index contributed by atoms with van der Waals surface area (Å²) in [5.41, 5.74) is 1.57. The van der Waals surface area contributed by atoms with Crippen molar-refractivity contribution in [2.24, 2.45) is 5.92 Å². The van der Waals surface area contributed by atoms with E-state index >= 15 is 0 Å². The van der Waals surface area contributed by atoms with E-state index in [4.69, 9.17) is 9.47 Å². The molecule has 96 valence electrons. The highest BCUT2D eigenvalue weighted by Gasteiger charge is 2.54. The normalized spacial score (nSPS) is 24.8. The van der Waals surface area contributed by atoms with Gasteiger partial charge in [-0.1, -0.05) is 17.7 Å². The zero-order valence-corrected chi connectivity index (χ0v) is 10.6. The van der Waals surface area contributed by atoms with Crippen molar-refractivity contribution in [1.82, 2.24) is 0 Å². The quantitative estimate of drug-likeness (QED) is 0.769. The molecule has 0 aromatic heterocycles. The van der Waals surface area contributed by atoms with Crippen molar-refractivity contribution >= 4 is 5.97 Å². The summed E-state index contributed by atoms with van der Waals surface area (Å²) in [7, 11) is 0. The highest BCUT2D eigenvalue weighted by molar-refractivity contribution is 5.89. The topological polar surface area (TPSA) is 35.5 Å². The molecule has 0 bridgehead atoms. The molecular formula is C15H18O3. The Balaban J connectivity index is 1.69. The van der Waals surface area contributed by atoms with Gasteiger partial charge in [0.05, 0.1) is 12.2 Å². The third-order valence-electron chi connectivity index (χ3n) is 4.00. The molecule has 0 spiro atoms. The predicted molar refractivity (Wildman–Crippen MR) is 67.5 cm³/mol. The van der Waals surface area contributed by atoms with Gasteiger partial charge in [0.1, 0.15) is 5.60 Å². The summed E-state index contributed by atoms with van der Waals surface area (Å²) in [6.45, 7) is 3.54. The van der Waals surface area contributed by atoms with Crippen LogP contribution in [0.4, 0.5) is 0 Å². The maximum absolute atomic E-state index is 12.1. The van der Waals surface area contributed by atoms with Crippen molar-refractivity contribution in [3.05, 3.63) is 35.4 Å². The van der Waals surface area contributed by atoms with E-state index in [-0.39, 0.29) is 11.6 Å². The second-order valence-corrected chi connectivity index (χ2v) is 5.38. The first kappa shape index (κ1) is 11.7. The van der Waals surface area contributed by atoms with Gasteiger partial charge in [-0.25, -0.2) is 4.79 Å². The molecule has 1 aliphatic heterocycles. The minimum absolute atomic E-state index is 0.195. The lowest BCUT2D eigenvalue weighted by molar-refractivity contribution is 0.000838. The van der Waals surface area contributed by atoms with E-state index in [0.717, 1.165) is 38.0 Å². The molecule has 0 N–H and O–H groups in total. The van der Waals surface area contributed by atoms with E-state index in [0.29, 0.717) is 11.5 Å². The van der Waals surface area contributed by atoms with E-state index < -0.39 is 0 Å². The van der Waals surface area contributed by atoms with Crippen molar-refractivity contribution in [2.75, 3.05) is 13.2 Å². The van der Waals surface area contributed by atoms with Gasteiger partial charge in [0.2, 0.25) is 0 Å². The molecule has 1 aromatic carbocycles. The molecule has 0 amide bonds. The van der Waals surface area contributed by atoms with Gasteiger partial charge in [-0.3, -0.25) is 0 Å². The SMILES string of the molecule is Cc1ccc(C(=O)OC2(C3CCOC3)CC2)cc1. The van der Waals surface area contributed by atoms with Crippen molar-refractivity contribution in [3.63, 3.8) is 0 Å². The fourth-order valence-electron chi connectivity index (χ4n) is 2.60. The number of carbonyl (C=O) groups excluding carboxylic acids is 1. The molecule has 1 aliphatic carbocycles. The number of esters is 1. The smallest absolute Gasteiger partial charge is 0.338 e. The largest absolute Gasteiger partial charge is 0.455 e. The minimum Gasteiger partial charge on any atom is -0.455 e. The Morgan fingerprint density at radius 1 is 1.33 bits per heavy atom. The lowest BCUT2D eigenvalue weighted by Gasteiger charge is -2.22. The third kappa shape index (κ3) is 2.15. The van der Waals surface area contributed by atoms with Crippen LogP contribution in [-0.2, 0) is 9.47 Å². The Morgan fingerprint density at radius 2 is 2.06 bits per heavy atom. The standard InChI is InChI=1S/C15H18O3/c1-11-2-4-12(5-3-11)14(16)18-15(7-8-15)13-6-9-17-10-13/h2-5,13H,6-10H2,1H3. The Morgan fingerprint density at radius 3 is 2.61 bits per heavy atom. The highest BCUT2D eigenvalue weighted by atomic mass is 16.6. The molecule has 1 heterocycles. The predicted octanol–water partition coefficient (Wildman–Crippen LogP) is 2.72. The summed E-state index contributed by atoms with van der Waals surface area (Å²) in [5, 5.41) is 0. The van der Waals surface area contributed by atoms with Crippen LogP contribution >= 0.6 is 0 Å². The van der Waals surface area contributed by atoms with Gasteiger partial charge in [-0.05, 0) is 38.3 Å². The average Bonchev–Trinajstić information content (AvgIpc) is 2.93. The van der Waals surface area contributed by atoms with E-state index in [2.05, 4.69) is 0 Å². The lowest BCUT2D eigenvalue weighted by atomic mass is 9.99. The molecule has 0 radical (unpaired) electrons. The van der Waals surface area contributed by atoms with Crippen LogP contribution in [0.5, 0.6) is 0 Å². The molecule has 1 atom stereocenters. The van der Waals surface area contributed by atoms with Crippen LogP contribution < -0.4 is 0 Å². The monoisotopic (exact) mass is 246 g/mol. The van der Waals surface area contributed by atoms with Gasteiger partial charge in [0.25, 0.3) is 0 Å². The molecule has 1 unspecified atom stereocenters. The van der Waals surface area contributed by atoms with Crippen molar-refractivity contribution in [1.29, 1.82) is 0 Å². The number of ether oxygens (including phenoxy) is 2. The second-order valence-electron chi connectivity index (χ2n) is 5.38. The summed E-state index contributed by atoms with van der Waals surface area (Å²) < 4.78 is 11.1. The minimum atomic E-state index is -0.224. The zero-order chi connectivity index (χ0) is 12.6. The average molecular weight is 246 g/mol. The molecule has 1 saturated heterocycles. The van der Waals surface area contributed by atoms with E-state index in [1.807, 2.05) is 31.2 Å². The van der Waals surface area contributed by atoms with Gasteiger partial charge >= 0.3 is 5.97 Å². The number of carbonyl (C=O) groups is 1. The molecule has 2 fully saturated rings. The second kappa shape index (κ2) is 4.39. The van der Waals surface area contributed by atoms with Crippen LogP contribution in [0.15, 0.2) is 24.3 Å². The highest BCUT2D eigenvalue weighted by Crippen LogP contribution is 2.49. The van der Waals surface area contributed by atoms with Crippen LogP contribution in [0.2, 0.25) is 0 Å². The fraction of sp³-hybridized carbons (Fsp3) is 0.533. The van der Waals surface area contributed by atoms with Crippen LogP contribution in [-0.4, -0.2) is 24.8 Å². The Kier molecular flexibility index (Phi) is 2.86. The summed E-state index contributed by atoms with van der Waals surface area (Å²) in [4.78, 5) is 12.1. The van der Waals surface area contributed by atoms with E-state index in [9.17, 15) is 4.79 Å². The molecule has 3 heteroatoms. The molecule has 3 rings (SSSR count). The lowest BCUT2D eigenvalue weighted by Crippen LogP contribution is -2.29. The first-order valence-corrected chi connectivity index (χ1v) is 6.57. The first-order chi connectivity index (χ1) is 8.70. The number of hydrogen-bond donors (Lipinski definition) is 0. The molecule has 1 saturated carbocycles. The Bertz CT molecular complexity index is 439. The van der Waals surface area contributed by atoms with Crippen LogP contribution in [0.1, 0.15) is 35.2 Å². The van der Waals surface area contributed by atoms with Crippen molar-refractivity contribution < 1.29 is 14.3 Å².